The van der Waals surface area contributed by atoms with Gasteiger partial charge in [0.2, 0.25) is 5.91 Å². The van der Waals surface area contributed by atoms with E-state index in [1.807, 2.05) is 36.3 Å². The summed E-state index contributed by atoms with van der Waals surface area (Å²) in [6, 6.07) is 3.90. The number of carbonyl (C=O) groups excluding carboxylic acids is 1. The molecule has 112 valence electrons. The van der Waals surface area contributed by atoms with Gasteiger partial charge in [0.1, 0.15) is 0 Å². The Kier molecular flexibility index (Phi) is 5.18. The van der Waals surface area contributed by atoms with Crippen molar-refractivity contribution < 1.29 is 9.90 Å². The van der Waals surface area contributed by atoms with E-state index in [0.717, 1.165) is 24.3 Å². The summed E-state index contributed by atoms with van der Waals surface area (Å²) in [5.41, 5.74) is 5.83. The molecule has 4 unspecified atom stereocenters. The highest BCUT2D eigenvalue weighted by atomic mass is 32.1. The Balaban J connectivity index is 1.99. The van der Waals surface area contributed by atoms with E-state index in [2.05, 4.69) is 0 Å². The SMILES string of the molecule is CC(N)C(C)C(=O)N1CCCC1CC(O)c1cccs1. The van der Waals surface area contributed by atoms with Crippen LogP contribution in [-0.4, -0.2) is 34.5 Å². The Labute approximate surface area is 124 Å². The fourth-order valence-corrected chi connectivity index (χ4v) is 3.44. The van der Waals surface area contributed by atoms with E-state index in [1.165, 1.54) is 0 Å². The quantitative estimate of drug-likeness (QED) is 0.875. The third-order valence-corrected chi connectivity index (χ3v) is 5.18. The topological polar surface area (TPSA) is 66.6 Å². The molecule has 1 aliphatic heterocycles. The van der Waals surface area contributed by atoms with E-state index in [4.69, 9.17) is 5.73 Å². The zero-order valence-electron chi connectivity index (χ0n) is 12.2. The Morgan fingerprint density at radius 1 is 1.60 bits per heavy atom. The summed E-state index contributed by atoms with van der Waals surface area (Å²) in [4.78, 5) is 15.3. The second-order valence-electron chi connectivity index (χ2n) is 5.74. The minimum absolute atomic E-state index is 0.126. The summed E-state index contributed by atoms with van der Waals surface area (Å²) in [6.45, 7) is 4.55. The molecule has 1 aromatic heterocycles. The van der Waals surface area contributed by atoms with Crippen LogP contribution < -0.4 is 5.73 Å². The van der Waals surface area contributed by atoms with Gasteiger partial charge in [0.25, 0.3) is 0 Å². The minimum atomic E-state index is -0.473. The Morgan fingerprint density at radius 2 is 2.35 bits per heavy atom. The zero-order chi connectivity index (χ0) is 14.7. The number of aliphatic hydroxyl groups excluding tert-OH is 1. The van der Waals surface area contributed by atoms with Crippen LogP contribution in [-0.2, 0) is 4.79 Å². The van der Waals surface area contributed by atoms with E-state index in [-0.39, 0.29) is 23.9 Å². The van der Waals surface area contributed by atoms with Crippen LogP contribution in [0, 0.1) is 5.92 Å². The molecular formula is C15H24N2O2S. The van der Waals surface area contributed by atoms with Gasteiger partial charge >= 0.3 is 0 Å². The predicted octanol–water partition coefficient (Wildman–Crippen LogP) is 2.15. The number of hydrogen-bond acceptors (Lipinski definition) is 4. The molecule has 20 heavy (non-hydrogen) atoms. The summed E-state index contributed by atoms with van der Waals surface area (Å²) < 4.78 is 0. The van der Waals surface area contributed by atoms with Crippen molar-refractivity contribution in [2.24, 2.45) is 11.7 Å². The summed E-state index contributed by atoms with van der Waals surface area (Å²) in [5, 5.41) is 12.2. The standard InChI is InChI=1S/C15H24N2O2S/c1-10(11(2)16)15(19)17-7-3-5-12(17)9-13(18)14-6-4-8-20-14/h4,6,8,10-13,18H,3,5,7,9,16H2,1-2H3. The predicted molar refractivity (Wildman–Crippen MR) is 81.4 cm³/mol. The summed E-state index contributed by atoms with van der Waals surface area (Å²) >= 11 is 1.56. The molecule has 4 atom stereocenters. The first-order chi connectivity index (χ1) is 9.50. The molecule has 2 rings (SSSR count). The van der Waals surface area contributed by atoms with Crippen molar-refractivity contribution in [1.82, 2.24) is 4.90 Å². The van der Waals surface area contributed by atoms with Crippen LogP contribution in [0.2, 0.25) is 0 Å². The van der Waals surface area contributed by atoms with Gasteiger partial charge in [-0.25, -0.2) is 0 Å². The first-order valence-corrected chi connectivity index (χ1v) is 8.16. The van der Waals surface area contributed by atoms with Crippen molar-refractivity contribution in [3.63, 3.8) is 0 Å². The number of nitrogens with two attached hydrogens (primary N) is 1. The van der Waals surface area contributed by atoms with Crippen LogP contribution in [0.1, 0.15) is 44.1 Å². The molecule has 0 aromatic carbocycles. The monoisotopic (exact) mass is 296 g/mol. The first kappa shape index (κ1) is 15.5. The van der Waals surface area contributed by atoms with Gasteiger partial charge in [-0.05, 0) is 37.6 Å². The normalized spacial score (nSPS) is 23.6. The van der Waals surface area contributed by atoms with Gasteiger partial charge in [0.05, 0.1) is 12.0 Å². The minimum Gasteiger partial charge on any atom is -0.387 e. The molecular weight excluding hydrogens is 272 g/mol. The van der Waals surface area contributed by atoms with Gasteiger partial charge in [-0.15, -0.1) is 11.3 Å². The van der Waals surface area contributed by atoms with E-state index in [0.29, 0.717) is 6.42 Å². The Morgan fingerprint density at radius 3 is 2.95 bits per heavy atom. The molecule has 0 aliphatic carbocycles. The Hall–Kier alpha value is -0.910. The lowest BCUT2D eigenvalue weighted by Gasteiger charge is -2.30. The van der Waals surface area contributed by atoms with Crippen LogP contribution in [0.5, 0.6) is 0 Å². The maximum atomic E-state index is 12.4. The number of hydrogen-bond donors (Lipinski definition) is 2. The van der Waals surface area contributed by atoms with Gasteiger partial charge in [-0.3, -0.25) is 4.79 Å². The third-order valence-electron chi connectivity index (χ3n) is 4.21. The molecule has 1 aromatic rings. The molecule has 0 saturated carbocycles. The largest absolute Gasteiger partial charge is 0.387 e. The molecule has 1 amide bonds. The average molecular weight is 296 g/mol. The van der Waals surface area contributed by atoms with Crippen molar-refractivity contribution in [3.05, 3.63) is 22.4 Å². The van der Waals surface area contributed by atoms with Crippen molar-refractivity contribution in [2.75, 3.05) is 6.54 Å². The van der Waals surface area contributed by atoms with E-state index >= 15 is 0 Å². The van der Waals surface area contributed by atoms with Crippen LogP contribution in [0.3, 0.4) is 0 Å². The summed E-state index contributed by atoms with van der Waals surface area (Å²) in [7, 11) is 0. The van der Waals surface area contributed by atoms with Gasteiger partial charge < -0.3 is 15.7 Å². The van der Waals surface area contributed by atoms with Gasteiger partial charge in [0, 0.05) is 23.5 Å². The zero-order valence-corrected chi connectivity index (χ0v) is 13.0. The molecule has 1 aliphatic rings. The van der Waals surface area contributed by atoms with Crippen molar-refractivity contribution >= 4 is 17.2 Å². The smallest absolute Gasteiger partial charge is 0.227 e. The molecule has 4 nitrogen and oxygen atoms in total. The van der Waals surface area contributed by atoms with Crippen molar-refractivity contribution in [1.29, 1.82) is 0 Å². The number of nitrogens with zero attached hydrogens (tertiary/aromatic N) is 1. The molecule has 1 saturated heterocycles. The second-order valence-corrected chi connectivity index (χ2v) is 6.72. The van der Waals surface area contributed by atoms with Crippen LogP contribution >= 0.6 is 11.3 Å². The number of rotatable bonds is 5. The molecule has 0 radical (unpaired) electrons. The maximum absolute atomic E-state index is 12.4. The number of thiophene rings is 1. The van der Waals surface area contributed by atoms with Gasteiger partial charge in [0.15, 0.2) is 0 Å². The van der Waals surface area contributed by atoms with Crippen LogP contribution in [0.25, 0.3) is 0 Å². The lowest BCUT2D eigenvalue weighted by Crippen LogP contribution is -2.44. The lowest BCUT2D eigenvalue weighted by atomic mass is 10.0. The van der Waals surface area contributed by atoms with E-state index < -0.39 is 6.10 Å². The Bertz CT molecular complexity index is 433. The second kappa shape index (κ2) is 6.70. The number of aliphatic hydroxyl groups is 1. The van der Waals surface area contributed by atoms with Gasteiger partial charge in [-0.2, -0.15) is 0 Å². The maximum Gasteiger partial charge on any atom is 0.227 e. The number of likely N-dealkylation sites (tertiary alicyclic amines) is 1. The van der Waals surface area contributed by atoms with E-state index in [1.54, 1.807) is 11.3 Å². The fraction of sp³-hybridized carbons (Fsp3) is 0.667. The lowest BCUT2D eigenvalue weighted by molar-refractivity contribution is -0.136. The van der Waals surface area contributed by atoms with Crippen LogP contribution in [0.15, 0.2) is 17.5 Å². The molecule has 0 spiro atoms. The van der Waals surface area contributed by atoms with Crippen molar-refractivity contribution in [3.8, 4) is 0 Å². The third kappa shape index (κ3) is 3.40. The molecule has 0 bridgehead atoms. The van der Waals surface area contributed by atoms with Crippen molar-refractivity contribution in [2.45, 2.75) is 51.3 Å². The summed E-state index contributed by atoms with van der Waals surface area (Å²) in [5.74, 6) is -0.0321. The molecule has 3 N–H and O–H groups in total. The molecule has 1 fully saturated rings. The van der Waals surface area contributed by atoms with E-state index in [9.17, 15) is 9.90 Å². The summed E-state index contributed by atoms with van der Waals surface area (Å²) in [6.07, 6.45) is 2.14. The van der Waals surface area contributed by atoms with Crippen LogP contribution in [0.4, 0.5) is 0 Å². The number of carbonyl (C=O) groups is 1. The molecule has 2 heterocycles. The highest BCUT2D eigenvalue weighted by molar-refractivity contribution is 7.10. The molecule has 5 heteroatoms. The highest BCUT2D eigenvalue weighted by Crippen LogP contribution is 2.30. The highest BCUT2D eigenvalue weighted by Gasteiger charge is 2.33. The fourth-order valence-electron chi connectivity index (χ4n) is 2.71. The first-order valence-electron chi connectivity index (χ1n) is 7.28. The average Bonchev–Trinajstić information content (AvgIpc) is 3.07. The van der Waals surface area contributed by atoms with Gasteiger partial charge in [-0.1, -0.05) is 13.0 Å². The number of amides is 1.